The monoisotopic (exact) mass is 218 g/mol. The molecule has 0 saturated heterocycles. The molecular weight excluding hydrogens is 196 g/mol. The summed E-state index contributed by atoms with van der Waals surface area (Å²) in [5, 5.41) is 0. The molecule has 0 radical (unpaired) electrons. The van der Waals surface area contributed by atoms with E-state index in [0.717, 1.165) is 6.42 Å². The van der Waals surface area contributed by atoms with Crippen molar-refractivity contribution in [3.8, 4) is 0 Å². The van der Waals surface area contributed by atoms with Gasteiger partial charge in [0.2, 0.25) is 0 Å². The van der Waals surface area contributed by atoms with Crippen LogP contribution in [0.1, 0.15) is 37.8 Å². The number of amidine groups is 1. The number of nitrogens with zero attached hydrogens (tertiary/aromatic N) is 1. The van der Waals surface area contributed by atoms with Gasteiger partial charge >= 0.3 is 0 Å². The SMILES string of the molecule is CN=C(N)[C@@H](C)c1ccc(CC(C)C)cc1. The molecule has 1 atom stereocenters. The third-order valence-corrected chi connectivity index (χ3v) is 2.83. The van der Waals surface area contributed by atoms with E-state index in [2.05, 4.69) is 50.0 Å². The first kappa shape index (κ1) is 12.8. The lowest BCUT2D eigenvalue weighted by molar-refractivity contribution is 0.647. The van der Waals surface area contributed by atoms with Crippen molar-refractivity contribution in [2.24, 2.45) is 16.6 Å². The van der Waals surface area contributed by atoms with Gasteiger partial charge in [-0.25, -0.2) is 0 Å². The Hall–Kier alpha value is -1.31. The Bertz CT molecular complexity index is 350. The van der Waals surface area contributed by atoms with Crippen LogP contribution in [0.4, 0.5) is 0 Å². The quantitative estimate of drug-likeness (QED) is 0.612. The lowest BCUT2D eigenvalue weighted by Crippen LogP contribution is -2.19. The molecule has 16 heavy (non-hydrogen) atoms. The maximum atomic E-state index is 5.82. The number of benzene rings is 1. The lowest BCUT2D eigenvalue weighted by atomic mass is 9.96. The van der Waals surface area contributed by atoms with E-state index in [-0.39, 0.29) is 5.92 Å². The number of aliphatic imine (C=N–C) groups is 1. The predicted octanol–water partition coefficient (Wildman–Crippen LogP) is 2.98. The zero-order chi connectivity index (χ0) is 12.1. The summed E-state index contributed by atoms with van der Waals surface area (Å²) in [6, 6.07) is 8.68. The van der Waals surface area contributed by atoms with E-state index in [9.17, 15) is 0 Å². The molecule has 0 spiro atoms. The van der Waals surface area contributed by atoms with Gasteiger partial charge in [-0.05, 0) is 23.5 Å². The summed E-state index contributed by atoms with van der Waals surface area (Å²) in [5.74, 6) is 1.60. The molecule has 0 fully saturated rings. The van der Waals surface area contributed by atoms with Gasteiger partial charge in [0.1, 0.15) is 5.84 Å². The summed E-state index contributed by atoms with van der Waals surface area (Å²) in [4.78, 5) is 4.03. The van der Waals surface area contributed by atoms with E-state index >= 15 is 0 Å². The first-order valence-corrected chi connectivity index (χ1v) is 5.85. The van der Waals surface area contributed by atoms with Crippen LogP contribution in [0.3, 0.4) is 0 Å². The molecule has 0 amide bonds. The zero-order valence-electron chi connectivity index (χ0n) is 10.7. The van der Waals surface area contributed by atoms with Gasteiger partial charge in [-0.15, -0.1) is 0 Å². The van der Waals surface area contributed by atoms with Gasteiger partial charge in [0.05, 0.1) is 0 Å². The Kier molecular flexibility index (Phi) is 4.53. The van der Waals surface area contributed by atoms with Crippen molar-refractivity contribution in [1.29, 1.82) is 0 Å². The normalized spacial score (nSPS) is 14.2. The molecule has 0 aliphatic rings. The maximum Gasteiger partial charge on any atom is 0.101 e. The Morgan fingerprint density at radius 1 is 1.19 bits per heavy atom. The van der Waals surface area contributed by atoms with Crippen LogP contribution in [0, 0.1) is 5.92 Å². The van der Waals surface area contributed by atoms with Crippen molar-refractivity contribution in [1.82, 2.24) is 0 Å². The highest BCUT2D eigenvalue weighted by atomic mass is 14.8. The lowest BCUT2D eigenvalue weighted by Gasteiger charge is -2.12. The molecule has 0 unspecified atom stereocenters. The molecule has 0 aliphatic heterocycles. The van der Waals surface area contributed by atoms with Gasteiger partial charge < -0.3 is 5.73 Å². The minimum atomic E-state index is 0.207. The molecule has 1 rings (SSSR count). The smallest absolute Gasteiger partial charge is 0.101 e. The van der Waals surface area contributed by atoms with Crippen molar-refractivity contribution >= 4 is 5.84 Å². The molecule has 1 aromatic carbocycles. The van der Waals surface area contributed by atoms with Gasteiger partial charge in [-0.3, -0.25) is 4.99 Å². The topological polar surface area (TPSA) is 38.4 Å². The molecule has 0 saturated carbocycles. The second-order valence-electron chi connectivity index (χ2n) is 4.71. The fourth-order valence-electron chi connectivity index (χ4n) is 1.78. The zero-order valence-corrected chi connectivity index (χ0v) is 10.7. The van der Waals surface area contributed by atoms with E-state index in [1.165, 1.54) is 11.1 Å². The van der Waals surface area contributed by atoms with E-state index in [1.807, 2.05) is 0 Å². The summed E-state index contributed by atoms with van der Waals surface area (Å²) in [7, 11) is 1.74. The Labute approximate surface area is 98.6 Å². The third-order valence-electron chi connectivity index (χ3n) is 2.83. The summed E-state index contributed by atoms with van der Waals surface area (Å²) < 4.78 is 0. The number of hydrogen-bond donors (Lipinski definition) is 1. The molecule has 0 aromatic heterocycles. The highest BCUT2D eigenvalue weighted by Crippen LogP contribution is 2.17. The second-order valence-corrected chi connectivity index (χ2v) is 4.71. The van der Waals surface area contributed by atoms with Crippen LogP contribution in [-0.4, -0.2) is 12.9 Å². The molecule has 2 N–H and O–H groups in total. The van der Waals surface area contributed by atoms with Crippen molar-refractivity contribution in [3.63, 3.8) is 0 Å². The average molecular weight is 218 g/mol. The Morgan fingerprint density at radius 3 is 2.19 bits per heavy atom. The van der Waals surface area contributed by atoms with Crippen LogP contribution >= 0.6 is 0 Å². The van der Waals surface area contributed by atoms with E-state index in [1.54, 1.807) is 7.05 Å². The van der Waals surface area contributed by atoms with Gasteiger partial charge in [-0.1, -0.05) is 45.0 Å². The molecule has 1 aromatic rings. The highest BCUT2D eigenvalue weighted by Gasteiger charge is 2.08. The van der Waals surface area contributed by atoms with Crippen molar-refractivity contribution in [3.05, 3.63) is 35.4 Å². The van der Waals surface area contributed by atoms with Crippen LogP contribution < -0.4 is 5.73 Å². The number of hydrogen-bond acceptors (Lipinski definition) is 1. The minimum Gasteiger partial charge on any atom is -0.387 e. The Morgan fingerprint density at radius 2 is 1.75 bits per heavy atom. The summed E-state index contributed by atoms with van der Waals surface area (Å²) in [6.45, 7) is 6.55. The number of nitrogens with two attached hydrogens (primary N) is 1. The molecule has 0 aliphatic carbocycles. The fraction of sp³-hybridized carbons (Fsp3) is 0.500. The predicted molar refractivity (Wildman–Crippen MR) is 70.9 cm³/mol. The molecule has 0 bridgehead atoms. The number of rotatable bonds is 4. The van der Waals surface area contributed by atoms with Crippen LogP contribution in [-0.2, 0) is 6.42 Å². The Balaban J connectivity index is 2.78. The molecule has 2 nitrogen and oxygen atoms in total. The molecule has 0 heterocycles. The van der Waals surface area contributed by atoms with Crippen LogP contribution in [0.5, 0.6) is 0 Å². The summed E-state index contributed by atoms with van der Waals surface area (Å²) in [5.41, 5.74) is 8.44. The van der Waals surface area contributed by atoms with Gasteiger partial charge in [-0.2, -0.15) is 0 Å². The molecule has 2 heteroatoms. The minimum absolute atomic E-state index is 0.207. The maximum absolute atomic E-state index is 5.82. The molecular formula is C14H22N2. The van der Waals surface area contributed by atoms with Crippen LogP contribution in [0.15, 0.2) is 29.3 Å². The van der Waals surface area contributed by atoms with Gasteiger partial charge in [0.15, 0.2) is 0 Å². The van der Waals surface area contributed by atoms with Crippen LogP contribution in [0.2, 0.25) is 0 Å². The first-order valence-electron chi connectivity index (χ1n) is 5.85. The van der Waals surface area contributed by atoms with Gasteiger partial charge in [0, 0.05) is 13.0 Å². The second kappa shape index (κ2) is 5.69. The fourth-order valence-corrected chi connectivity index (χ4v) is 1.78. The van der Waals surface area contributed by atoms with Gasteiger partial charge in [0.25, 0.3) is 0 Å². The largest absolute Gasteiger partial charge is 0.387 e. The van der Waals surface area contributed by atoms with Crippen molar-refractivity contribution in [2.75, 3.05) is 7.05 Å². The van der Waals surface area contributed by atoms with E-state index in [4.69, 9.17) is 5.73 Å². The van der Waals surface area contributed by atoms with Crippen LogP contribution in [0.25, 0.3) is 0 Å². The standard InChI is InChI=1S/C14H22N2/c1-10(2)9-12-5-7-13(8-6-12)11(3)14(15)16-4/h5-8,10-11H,9H2,1-4H3,(H2,15,16)/t11-/m0/s1. The average Bonchev–Trinajstić information content (AvgIpc) is 2.27. The summed E-state index contributed by atoms with van der Waals surface area (Å²) in [6.07, 6.45) is 1.13. The van der Waals surface area contributed by atoms with E-state index in [0.29, 0.717) is 11.8 Å². The third kappa shape index (κ3) is 3.37. The van der Waals surface area contributed by atoms with Crippen molar-refractivity contribution in [2.45, 2.75) is 33.1 Å². The van der Waals surface area contributed by atoms with E-state index < -0.39 is 0 Å². The van der Waals surface area contributed by atoms with Crippen molar-refractivity contribution < 1.29 is 0 Å². The first-order chi connectivity index (χ1) is 7.54. The highest BCUT2D eigenvalue weighted by molar-refractivity contribution is 5.86. The summed E-state index contributed by atoms with van der Waals surface area (Å²) >= 11 is 0. The molecule has 88 valence electrons.